The maximum Gasteiger partial charge on any atom is 0.259 e. The molecule has 25 heavy (non-hydrogen) atoms. The van der Waals surface area contributed by atoms with Crippen molar-refractivity contribution in [1.82, 2.24) is 0 Å². The fourth-order valence-corrected chi connectivity index (χ4v) is 2.55. The molecule has 3 rings (SSSR count). The minimum Gasteiger partial charge on any atom is -0.497 e. The Labute approximate surface area is 146 Å². The summed E-state index contributed by atoms with van der Waals surface area (Å²) in [4.78, 5) is 12.7. The van der Waals surface area contributed by atoms with E-state index in [9.17, 15) is 4.79 Å². The summed E-state index contributed by atoms with van der Waals surface area (Å²) in [6, 6.07) is 16.6. The van der Waals surface area contributed by atoms with Crippen LogP contribution in [0.15, 0.2) is 59.0 Å². The van der Waals surface area contributed by atoms with Crippen molar-refractivity contribution in [2.24, 2.45) is 0 Å². The third-order valence-corrected chi connectivity index (χ3v) is 3.88. The lowest BCUT2D eigenvalue weighted by Crippen LogP contribution is -2.13. The van der Waals surface area contributed by atoms with E-state index in [2.05, 4.69) is 5.32 Å². The molecule has 0 aliphatic carbocycles. The number of aryl methyl sites for hydroxylation is 1. The predicted molar refractivity (Wildman–Crippen MR) is 96.4 cm³/mol. The third kappa shape index (κ3) is 3.50. The lowest BCUT2D eigenvalue weighted by atomic mass is 10.1. The molecule has 0 saturated heterocycles. The second-order valence-electron chi connectivity index (χ2n) is 5.47. The lowest BCUT2D eigenvalue weighted by molar-refractivity contribution is 0.102. The highest BCUT2D eigenvalue weighted by atomic mass is 16.5. The van der Waals surface area contributed by atoms with Gasteiger partial charge in [-0.15, -0.1) is 0 Å². The molecule has 5 heteroatoms. The van der Waals surface area contributed by atoms with Crippen LogP contribution in [-0.4, -0.2) is 20.1 Å². The molecule has 1 N–H and O–H groups in total. The molecule has 0 radical (unpaired) electrons. The van der Waals surface area contributed by atoms with E-state index < -0.39 is 0 Å². The predicted octanol–water partition coefficient (Wildman–Crippen LogP) is 4.52. The SMILES string of the molecule is COc1ccc(OC)c(NC(=O)c2cc(-c3ccccc3)oc2C)c1. The minimum atomic E-state index is -0.269. The van der Waals surface area contributed by atoms with Crippen LogP contribution in [0.4, 0.5) is 5.69 Å². The van der Waals surface area contributed by atoms with E-state index in [1.54, 1.807) is 45.4 Å². The number of hydrogen-bond donors (Lipinski definition) is 1. The van der Waals surface area contributed by atoms with Crippen molar-refractivity contribution in [2.75, 3.05) is 19.5 Å². The number of benzene rings is 2. The first-order valence-corrected chi connectivity index (χ1v) is 7.81. The van der Waals surface area contributed by atoms with Crippen LogP contribution in [0.25, 0.3) is 11.3 Å². The number of methoxy groups -OCH3 is 2. The van der Waals surface area contributed by atoms with Gasteiger partial charge in [-0.2, -0.15) is 0 Å². The number of anilines is 1. The van der Waals surface area contributed by atoms with Gasteiger partial charge in [-0.3, -0.25) is 4.79 Å². The molecule has 5 nitrogen and oxygen atoms in total. The van der Waals surface area contributed by atoms with Gasteiger partial charge in [-0.1, -0.05) is 30.3 Å². The highest BCUT2D eigenvalue weighted by Crippen LogP contribution is 2.31. The van der Waals surface area contributed by atoms with Crippen LogP contribution in [0.3, 0.4) is 0 Å². The van der Waals surface area contributed by atoms with E-state index >= 15 is 0 Å². The number of ether oxygens (including phenoxy) is 2. The topological polar surface area (TPSA) is 60.7 Å². The quantitative estimate of drug-likeness (QED) is 0.743. The summed E-state index contributed by atoms with van der Waals surface area (Å²) in [7, 11) is 3.12. The molecule has 1 amide bonds. The largest absolute Gasteiger partial charge is 0.497 e. The van der Waals surface area contributed by atoms with Crippen molar-refractivity contribution in [3.05, 3.63) is 65.9 Å². The van der Waals surface area contributed by atoms with Gasteiger partial charge in [0.15, 0.2) is 0 Å². The maximum absolute atomic E-state index is 12.7. The monoisotopic (exact) mass is 337 g/mol. The van der Waals surface area contributed by atoms with Gasteiger partial charge in [0.1, 0.15) is 23.0 Å². The molecule has 128 valence electrons. The van der Waals surface area contributed by atoms with Gasteiger partial charge in [-0.05, 0) is 25.1 Å². The Morgan fingerprint density at radius 3 is 2.44 bits per heavy atom. The van der Waals surface area contributed by atoms with E-state index in [0.29, 0.717) is 34.3 Å². The van der Waals surface area contributed by atoms with Crippen molar-refractivity contribution in [1.29, 1.82) is 0 Å². The normalized spacial score (nSPS) is 10.4. The van der Waals surface area contributed by atoms with Gasteiger partial charge in [0, 0.05) is 11.6 Å². The summed E-state index contributed by atoms with van der Waals surface area (Å²) in [5, 5.41) is 2.85. The molecule has 0 fully saturated rings. The number of furan rings is 1. The van der Waals surface area contributed by atoms with E-state index in [1.165, 1.54) is 0 Å². The summed E-state index contributed by atoms with van der Waals surface area (Å²) in [5.74, 6) is 2.12. The van der Waals surface area contributed by atoms with Gasteiger partial charge in [0.2, 0.25) is 0 Å². The Bertz CT molecular complexity index is 884. The van der Waals surface area contributed by atoms with Crippen LogP contribution in [0.1, 0.15) is 16.1 Å². The van der Waals surface area contributed by atoms with Crippen LogP contribution < -0.4 is 14.8 Å². The fourth-order valence-electron chi connectivity index (χ4n) is 2.55. The Hall–Kier alpha value is -3.21. The summed E-state index contributed by atoms with van der Waals surface area (Å²) in [6.45, 7) is 1.77. The Kier molecular flexibility index (Phi) is 4.75. The van der Waals surface area contributed by atoms with Crippen molar-refractivity contribution in [3.8, 4) is 22.8 Å². The van der Waals surface area contributed by atoms with E-state index in [0.717, 1.165) is 5.56 Å². The zero-order valence-corrected chi connectivity index (χ0v) is 14.3. The molecular formula is C20H19NO4. The second-order valence-corrected chi connectivity index (χ2v) is 5.47. The van der Waals surface area contributed by atoms with E-state index in [-0.39, 0.29) is 5.91 Å². The molecule has 0 aliphatic heterocycles. The van der Waals surface area contributed by atoms with Crippen LogP contribution in [0, 0.1) is 6.92 Å². The molecule has 1 aromatic heterocycles. The third-order valence-electron chi connectivity index (χ3n) is 3.88. The van der Waals surface area contributed by atoms with Crippen LogP contribution in [-0.2, 0) is 0 Å². The first kappa shape index (κ1) is 16.6. The van der Waals surface area contributed by atoms with E-state index in [1.807, 2.05) is 30.3 Å². The second kappa shape index (κ2) is 7.13. The Morgan fingerprint density at radius 1 is 1.00 bits per heavy atom. The number of carbonyl (C=O) groups is 1. The molecule has 0 atom stereocenters. The smallest absolute Gasteiger partial charge is 0.259 e. The molecular weight excluding hydrogens is 318 g/mol. The number of hydrogen-bond acceptors (Lipinski definition) is 4. The Morgan fingerprint density at radius 2 is 1.76 bits per heavy atom. The molecule has 0 aliphatic rings. The van der Waals surface area contributed by atoms with Crippen molar-refractivity contribution in [3.63, 3.8) is 0 Å². The summed E-state index contributed by atoms with van der Waals surface area (Å²) < 4.78 is 16.2. The lowest BCUT2D eigenvalue weighted by Gasteiger charge is -2.11. The van der Waals surface area contributed by atoms with Crippen LogP contribution in [0.5, 0.6) is 11.5 Å². The standard InChI is InChI=1S/C20H19NO4/c1-13-16(12-19(25-13)14-7-5-4-6-8-14)20(22)21-17-11-15(23-2)9-10-18(17)24-3/h4-12H,1-3H3,(H,21,22). The molecule has 0 unspecified atom stereocenters. The van der Waals surface area contributed by atoms with Crippen molar-refractivity contribution < 1.29 is 18.7 Å². The Balaban J connectivity index is 1.88. The molecule has 2 aromatic carbocycles. The highest BCUT2D eigenvalue weighted by Gasteiger charge is 2.18. The highest BCUT2D eigenvalue weighted by molar-refractivity contribution is 6.06. The van der Waals surface area contributed by atoms with Crippen LogP contribution >= 0.6 is 0 Å². The number of nitrogens with one attached hydrogen (secondary N) is 1. The van der Waals surface area contributed by atoms with Gasteiger partial charge < -0.3 is 19.2 Å². The van der Waals surface area contributed by atoms with Crippen LogP contribution in [0.2, 0.25) is 0 Å². The zero-order chi connectivity index (χ0) is 17.8. The van der Waals surface area contributed by atoms with Crippen molar-refractivity contribution >= 4 is 11.6 Å². The van der Waals surface area contributed by atoms with Gasteiger partial charge in [-0.25, -0.2) is 0 Å². The minimum absolute atomic E-state index is 0.269. The summed E-state index contributed by atoms with van der Waals surface area (Å²) in [5.41, 5.74) is 1.93. The van der Waals surface area contributed by atoms with E-state index in [4.69, 9.17) is 13.9 Å². The number of amides is 1. The molecule has 1 heterocycles. The first-order valence-electron chi connectivity index (χ1n) is 7.81. The maximum atomic E-state index is 12.7. The van der Waals surface area contributed by atoms with Crippen molar-refractivity contribution in [2.45, 2.75) is 6.92 Å². The first-order chi connectivity index (χ1) is 12.1. The summed E-state index contributed by atoms with van der Waals surface area (Å²) >= 11 is 0. The molecule has 0 bridgehead atoms. The zero-order valence-electron chi connectivity index (χ0n) is 14.3. The van der Waals surface area contributed by atoms with Gasteiger partial charge in [0.25, 0.3) is 5.91 Å². The summed E-state index contributed by atoms with van der Waals surface area (Å²) in [6.07, 6.45) is 0. The van der Waals surface area contributed by atoms with Gasteiger partial charge in [0.05, 0.1) is 25.5 Å². The molecule has 3 aromatic rings. The molecule has 0 spiro atoms. The fraction of sp³-hybridized carbons (Fsp3) is 0.150. The average Bonchev–Trinajstić information content (AvgIpc) is 3.04. The average molecular weight is 337 g/mol. The molecule has 0 saturated carbocycles. The number of rotatable bonds is 5. The van der Waals surface area contributed by atoms with Gasteiger partial charge >= 0.3 is 0 Å². The number of carbonyl (C=O) groups excluding carboxylic acids is 1.